The lowest BCUT2D eigenvalue weighted by Gasteiger charge is -1.97. The molecule has 0 aliphatic rings. The Morgan fingerprint density at radius 2 is 1.95 bits per heavy atom. The number of phenolic OH excluding ortho intramolecular Hbond substituents is 1. The van der Waals surface area contributed by atoms with Gasteiger partial charge in [-0.1, -0.05) is 23.5 Å². The van der Waals surface area contributed by atoms with Gasteiger partial charge in [0.1, 0.15) is 11.6 Å². The molecule has 0 bridgehead atoms. The van der Waals surface area contributed by atoms with Crippen LogP contribution in [0.5, 0.6) is 5.75 Å². The van der Waals surface area contributed by atoms with Crippen molar-refractivity contribution in [1.29, 1.82) is 0 Å². The topological polar surface area (TPSA) is 54.6 Å². The van der Waals surface area contributed by atoms with E-state index in [-0.39, 0.29) is 16.4 Å². The Bertz CT molecular complexity index is 850. The first kappa shape index (κ1) is 12.6. The third kappa shape index (κ3) is 2.33. The summed E-state index contributed by atoms with van der Waals surface area (Å²) in [4.78, 5) is 11.6. The standard InChI is InChI=1S/C14H9FN2O2S/c15-10-3-1-9(2-4-10)8-16-17-12-7-11(18)5-6-13(12)20-14(17)19/h1-8,18H/b16-8+. The fraction of sp³-hybridized carbons (Fsp3) is 0. The van der Waals surface area contributed by atoms with Gasteiger partial charge in [0, 0.05) is 6.07 Å². The van der Waals surface area contributed by atoms with Gasteiger partial charge in [0.2, 0.25) is 0 Å². The molecule has 0 saturated carbocycles. The molecule has 0 amide bonds. The second-order valence-corrected chi connectivity index (χ2v) is 5.12. The molecule has 0 aliphatic carbocycles. The van der Waals surface area contributed by atoms with Gasteiger partial charge in [0.15, 0.2) is 0 Å². The molecule has 0 saturated heterocycles. The zero-order valence-corrected chi connectivity index (χ0v) is 11.0. The molecule has 0 aliphatic heterocycles. The molecule has 0 fully saturated rings. The molecule has 1 aromatic heterocycles. The largest absolute Gasteiger partial charge is 0.508 e. The number of aromatic nitrogens is 1. The molecule has 0 spiro atoms. The molecule has 1 heterocycles. The molecule has 2 aromatic carbocycles. The van der Waals surface area contributed by atoms with E-state index in [9.17, 15) is 14.3 Å². The average Bonchev–Trinajstić information content (AvgIpc) is 2.73. The first-order valence-electron chi connectivity index (χ1n) is 5.78. The van der Waals surface area contributed by atoms with Crippen LogP contribution in [-0.4, -0.2) is 16.0 Å². The monoisotopic (exact) mass is 288 g/mol. The first-order chi connectivity index (χ1) is 9.63. The number of halogens is 1. The van der Waals surface area contributed by atoms with Gasteiger partial charge >= 0.3 is 4.87 Å². The number of nitrogens with zero attached hydrogens (tertiary/aromatic N) is 2. The Balaban J connectivity index is 2.06. The highest BCUT2D eigenvalue weighted by molar-refractivity contribution is 7.16. The van der Waals surface area contributed by atoms with Gasteiger partial charge in [-0.2, -0.15) is 9.78 Å². The lowest BCUT2D eigenvalue weighted by atomic mass is 10.2. The molecule has 20 heavy (non-hydrogen) atoms. The molecule has 1 N–H and O–H groups in total. The van der Waals surface area contributed by atoms with Crippen molar-refractivity contribution in [1.82, 2.24) is 4.68 Å². The van der Waals surface area contributed by atoms with E-state index in [1.54, 1.807) is 18.2 Å². The summed E-state index contributed by atoms with van der Waals surface area (Å²) in [5.41, 5.74) is 1.22. The van der Waals surface area contributed by atoms with Gasteiger partial charge in [-0.15, -0.1) is 0 Å². The van der Waals surface area contributed by atoms with E-state index in [1.807, 2.05) is 0 Å². The molecule has 4 nitrogen and oxygen atoms in total. The molecular formula is C14H9FN2O2S. The Kier molecular flexibility index (Phi) is 3.08. The number of fused-ring (bicyclic) bond motifs is 1. The molecule has 0 radical (unpaired) electrons. The van der Waals surface area contributed by atoms with Crippen molar-refractivity contribution in [3.05, 3.63) is 63.5 Å². The van der Waals surface area contributed by atoms with Gasteiger partial charge in [-0.3, -0.25) is 4.79 Å². The Labute approximate surface area is 117 Å². The third-order valence-corrected chi connectivity index (χ3v) is 3.65. The summed E-state index contributed by atoms with van der Waals surface area (Å²) in [6.45, 7) is 0. The van der Waals surface area contributed by atoms with Crippen molar-refractivity contribution in [3.8, 4) is 5.75 Å². The number of phenols is 1. The van der Waals surface area contributed by atoms with Crippen molar-refractivity contribution >= 4 is 27.8 Å². The van der Waals surface area contributed by atoms with Crippen LogP contribution in [0.25, 0.3) is 10.2 Å². The number of hydrogen-bond acceptors (Lipinski definition) is 4. The summed E-state index contributed by atoms with van der Waals surface area (Å²) in [5, 5.41) is 13.6. The summed E-state index contributed by atoms with van der Waals surface area (Å²) in [7, 11) is 0. The summed E-state index contributed by atoms with van der Waals surface area (Å²) in [6, 6.07) is 10.4. The molecule has 6 heteroatoms. The number of aromatic hydroxyl groups is 1. The number of thiazole rings is 1. The molecular weight excluding hydrogens is 279 g/mol. The van der Waals surface area contributed by atoms with Crippen LogP contribution < -0.4 is 4.87 Å². The molecule has 0 unspecified atom stereocenters. The van der Waals surface area contributed by atoms with Gasteiger partial charge in [0.25, 0.3) is 0 Å². The SMILES string of the molecule is O=c1sc2ccc(O)cc2n1/N=C/c1ccc(F)cc1. The highest BCUT2D eigenvalue weighted by Gasteiger charge is 2.06. The van der Waals surface area contributed by atoms with E-state index in [0.717, 1.165) is 16.0 Å². The summed E-state index contributed by atoms with van der Waals surface area (Å²) in [6.07, 6.45) is 1.47. The van der Waals surface area contributed by atoms with Gasteiger partial charge in [0.05, 0.1) is 16.4 Å². The minimum Gasteiger partial charge on any atom is -0.508 e. The maximum Gasteiger partial charge on any atom is 0.328 e. The van der Waals surface area contributed by atoms with Crippen LogP contribution in [0.4, 0.5) is 4.39 Å². The van der Waals surface area contributed by atoms with Crippen LogP contribution >= 0.6 is 11.3 Å². The summed E-state index contributed by atoms with van der Waals surface area (Å²) >= 11 is 1.05. The van der Waals surface area contributed by atoms with Crippen molar-refractivity contribution in [2.45, 2.75) is 0 Å². The second-order valence-electron chi connectivity index (χ2n) is 4.13. The Morgan fingerprint density at radius 1 is 1.20 bits per heavy atom. The van der Waals surface area contributed by atoms with E-state index >= 15 is 0 Å². The normalized spacial score (nSPS) is 11.4. The lowest BCUT2D eigenvalue weighted by molar-refractivity contribution is 0.476. The maximum absolute atomic E-state index is 12.8. The van der Waals surface area contributed by atoms with Crippen LogP contribution in [0.2, 0.25) is 0 Å². The van der Waals surface area contributed by atoms with Crippen molar-refractivity contribution in [2.24, 2.45) is 5.10 Å². The van der Waals surface area contributed by atoms with E-state index < -0.39 is 0 Å². The van der Waals surface area contributed by atoms with E-state index in [2.05, 4.69) is 5.10 Å². The van der Waals surface area contributed by atoms with E-state index in [4.69, 9.17) is 0 Å². The minimum absolute atomic E-state index is 0.0704. The van der Waals surface area contributed by atoms with Crippen molar-refractivity contribution in [2.75, 3.05) is 0 Å². The zero-order valence-electron chi connectivity index (χ0n) is 10.2. The van der Waals surface area contributed by atoms with Crippen LogP contribution in [0.15, 0.2) is 52.4 Å². The van der Waals surface area contributed by atoms with E-state index in [1.165, 1.54) is 35.2 Å². The molecule has 0 atom stereocenters. The minimum atomic E-state index is -0.328. The predicted molar refractivity (Wildman–Crippen MR) is 77.1 cm³/mol. The van der Waals surface area contributed by atoms with Crippen molar-refractivity contribution < 1.29 is 9.50 Å². The summed E-state index contributed by atoms with van der Waals surface area (Å²) < 4.78 is 14.7. The van der Waals surface area contributed by atoms with E-state index in [0.29, 0.717) is 11.1 Å². The van der Waals surface area contributed by atoms with Crippen LogP contribution in [0.3, 0.4) is 0 Å². The Hall–Kier alpha value is -2.47. The fourth-order valence-corrected chi connectivity index (χ4v) is 2.58. The van der Waals surface area contributed by atoms with Crippen molar-refractivity contribution in [3.63, 3.8) is 0 Å². The molecule has 3 aromatic rings. The predicted octanol–water partition coefficient (Wildman–Crippen LogP) is 2.79. The maximum atomic E-state index is 12.8. The van der Waals surface area contributed by atoms with Gasteiger partial charge < -0.3 is 5.11 Å². The lowest BCUT2D eigenvalue weighted by Crippen LogP contribution is -2.07. The number of hydrogen-bond donors (Lipinski definition) is 1. The smallest absolute Gasteiger partial charge is 0.328 e. The van der Waals surface area contributed by atoms with Crippen LogP contribution in [0.1, 0.15) is 5.56 Å². The molecule has 100 valence electrons. The summed E-state index contributed by atoms with van der Waals surface area (Å²) in [5.74, 6) is -0.258. The first-order valence-corrected chi connectivity index (χ1v) is 6.59. The van der Waals surface area contributed by atoms with Gasteiger partial charge in [-0.05, 0) is 29.8 Å². The highest BCUT2D eigenvalue weighted by atomic mass is 32.1. The highest BCUT2D eigenvalue weighted by Crippen LogP contribution is 2.21. The second kappa shape index (κ2) is 4.90. The van der Waals surface area contributed by atoms with Crippen LogP contribution in [0, 0.1) is 5.82 Å². The number of rotatable bonds is 2. The average molecular weight is 288 g/mol. The quantitative estimate of drug-likeness (QED) is 0.737. The fourth-order valence-electron chi connectivity index (χ4n) is 1.78. The molecule has 3 rings (SSSR count). The van der Waals surface area contributed by atoms with Gasteiger partial charge in [-0.25, -0.2) is 4.39 Å². The zero-order chi connectivity index (χ0) is 14.1. The Morgan fingerprint density at radius 3 is 2.70 bits per heavy atom. The number of benzene rings is 2. The van der Waals surface area contributed by atoms with Crippen LogP contribution in [-0.2, 0) is 0 Å². The third-order valence-electron chi connectivity index (χ3n) is 2.73.